The van der Waals surface area contributed by atoms with Gasteiger partial charge in [0.25, 0.3) is 0 Å². The number of thiophene rings is 1. The summed E-state index contributed by atoms with van der Waals surface area (Å²) in [7, 11) is 0. The number of halogens is 3. The highest BCUT2D eigenvalue weighted by Gasteiger charge is 2.20. The molecule has 1 unspecified atom stereocenters. The van der Waals surface area contributed by atoms with Gasteiger partial charge in [0.1, 0.15) is 0 Å². The highest BCUT2D eigenvalue weighted by atomic mass is 32.1. The first-order chi connectivity index (χ1) is 9.04. The normalized spacial score (nSPS) is 12.7. The van der Waals surface area contributed by atoms with Gasteiger partial charge in [0.2, 0.25) is 0 Å². The fourth-order valence-corrected chi connectivity index (χ4v) is 3.02. The van der Waals surface area contributed by atoms with Crippen LogP contribution in [0.2, 0.25) is 0 Å². The minimum Gasteiger partial charge on any atom is -0.306 e. The van der Waals surface area contributed by atoms with E-state index in [1.54, 1.807) is 0 Å². The number of rotatable bonds is 4. The molecule has 1 N–H and O–H groups in total. The zero-order valence-corrected chi connectivity index (χ0v) is 11.5. The monoisotopic (exact) mass is 285 g/mol. The van der Waals surface area contributed by atoms with Crippen molar-refractivity contribution in [1.82, 2.24) is 5.32 Å². The van der Waals surface area contributed by atoms with Gasteiger partial charge in [-0.2, -0.15) is 0 Å². The summed E-state index contributed by atoms with van der Waals surface area (Å²) in [5.41, 5.74) is 1.44. The van der Waals surface area contributed by atoms with Gasteiger partial charge in [-0.15, -0.1) is 11.3 Å². The van der Waals surface area contributed by atoms with Crippen molar-refractivity contribution in [2.45, 2.75) is 19.9 Å². The lowest BCUT2D eigenvalue weighted by atomic mass is 10.0. The van der Waals surface area contributed by atoms with Crippen molar-refractivity contribution in [2.75, 3.05) is 6.54 Å². The van der Waals surface area contributed by atoms with Crippen LogP contribution in [0, 0.1) is 24.4 Å². The van der Waals surface area contributed by atoms with Crippen molar-refractivity contribution in [1.29, 1.82) is 0 Å². The lowest BCUT2D eigenvalue weighted by molar-refractivity contribution is 0.443. The van der Waals surface area contributed by atoms with Gasteiger partial charge in [-0.1, -0.05) is 6.92 Å². The molecule has 0 aliphatic rings. The summed E-state index contributed by atoms with van der Waals surface area (Å²) >= 11 is 1.51. The summed E-state index contributed by atoms with van der Waals surface area (Å²) in [4.78, 5) is 0.979. The van der Waals surface area contributed by atoms with Crippen LogP contribution in [0.1, 0.15) is 29.0 Å². The van der Waals surface area contributed by atoms with Crippen LogP contribution in [0.4, 0.5) is 13.2 Å². The first-order valence-corrected chi connectivity index (χ1v) is 6.84. The first-order valence-electron chi connectivity index (χ1n) is 5.96. The van der Waals surface area contributed by atoms with Gasteiger partial charge < -0.3 is 5.32 Å². The largest absolute Gasteiger partial charge is 0.306 e. The Morgan fingerprint density at radius 3 is 2.32 bits per heavy atom. The molecule has 0 radical (unpaired) electrons. The molecule has 1 heterocycles. The Bertz CT molecular complexity index is 557. The van der Waals surface area contributed by atoms with Crippen LogP contribution in [0.5, 0.6) is 0 Å². The van der Waals surface area contributed by atoms with Crippen LogP contribution in [-0.2, 0) is 0 Å². The molecule has 5 heteroatoms. The fourth-order valence-electron chi connectivity index (χ4n) is 1.99. The Kier molecular flexibility index (Phi) is 4.27. The van der Waals surface area contributed by atoms with E-state index in [0.717, 1.165) is 22.6 Å². The second-order valence-corrected chi connectivity index (χ2v) is 5.20. The van der Waals surface area contributed by atoms with Gasteiger partial charge in [0.05, 0.1) is 6.04 Å². The highest BCUT2D eigenvalue weighted by molar-refractivity contribution is 7.10. The summed E-state index contributed by atoms with van der Waals surface area (Å²) in [6.45, 7) is 4.49. The van der Waals surface area contributed by atoms with Crippen molar-refractivity contribution < 1.29 is 13.2 Å². The van der Waals surface area contributed by atoms with E-state index in [4.69, 9.17) is 0 Å². The predicted octanol–water partition coefficient (Wildman–Crippen LogP) is 4.17. The number of nitrogens with one attached hydrogen (secondary N) is 1. The van der Waals surface area contributed by atoms with Crippen LogP contribution >= 0.6 is 11.3 Å². The number of benzene rings is 1. The average molecular weight is 285 g/mol. The van der Waals surface area contributed by atoms with Gasteiger partial charge in [0.15, 0.2) is 17.5 Å². The highest BCUT2D eigenvalue weighted by Crippen LogP contribution is 2.30. The molecule has 1 atom stereocenters. The van der Waals surface area contributed by atoms with E-state index in [-0.39, 0.29) is 6.04 Å². The van der Waals surface area contributed by atoms with Crippen LogP contribution in [-0.4, -0.2) is 6.54 Å². The van der Waals surface area contributed by atoms with Gasteiger partial charge in [-0.3, -0.25) is 0 Å². The third-order valence-electron chi connectivity index (χ3n) is 2.91. The van der Waals surface area contributed by atoms with Gasteiger partial charge in [-0.05, 0) is 48.2 Å². The molecule has 0 spiro atoms. The number of hydrogen-bond acceptors (Lipinski definition) is 2. The van der Waals surface area contributed by atoms with Crippen molar-refractivity contribution in [3.8, 4) is 0 Å². The van der Waals surface area contributed by atoms with E-state index in [1.165, 1.54) is 11.3 Å². The molecule has 0 fully saturated rings. The van der Waals surface area contributed by atoms with E-state index < -0.39 is 17.5 Å². The first kappa shape index (κ1) is 14.1. The van der Waals surface area contributed by atoms with E-state index in [1.807, 2.05) is 25.3 Å². The van der Waals surface area contributed by atoms with Crippen LogP contribution in [0.25, 0.3) is 0 Å². The maximum Gasteiger partial charge on any atom is 0.194 e. The van der Waals surface area contributed by atoms with Crippen LogP contribution in [0.15, 0.2) is 23.6 Å². The molecule has 0 amide bonds. The zero-order valence-electron chi connectivity index (χ0n) is 10.6. The Hall–Kier alpha value is -1.33. The Morgan fingerprint density at radius 1 is 1.21 bits per heavy atom. The number of aryl methyl sites for hydroxylation is 1. The molecular weight excluding hydrogens is 271 g/mol. The van der Waals surface area contributed by atoms with E-state index >= 15 is 0 Å². The van der Waals surface area contributed by atoms with Gasteiger partial charge in [0, 0.05) is 4.88 Å². The van der Waals surface area contributed by atoms with E-state index in [2.05, 4.69) is 5.32 Å². The third kappa shape index (κ3) is 2.82. The predicted molar refractivity (Wildman–Crippen MR) is 70.9 cm³/mol. The van der Waals surface area contributed by atoms with Crippen molar-refractivity contribution in [3.63, 3.8) is 0 Å². The van der Waals surface area contributed by atoms with Crippen molar-refractivity contribution in [3.05, 3.63) is 57.0 Å². The summed E-state index contributed by atoms with van der Waals surface area (Å²) in [6, 6.07) is 3.71. The van der Waals surface area contributed by atoms with Gasteiger partial charge >= 0.3 is 0 Å². The quantitative estimate of drug-likeness (QED) is 0.831. The topological polar surface area (TPSA) is 12.0 Å². The Balaban J connectivity index is 2.48. The summed E-state index contributed by atoms with van der Waals surface area (Å²) in [5.74, 6) is -3.75. The second-order valence-electron chi connectivity index (χ2n) is 4.26. The molecule has 2 aromatic rings. The molecule has 0 bridgehead atoms. The van der Waals surface area contributed by atoms with E-state index in [0.29, 0.717) is 12.1 Å². The smallest absolute Gasteiger partial charge is 0.194 e. The minimum atomic E-state index is -1.43. The minimum absolute atomic E-state index is 0.324. The molecule has 0 aliphatic carbocycles. The molecular formula is C14H14F3NS. The average Bonchev–Trinajstić information content (AvgIpc) is 2.78. The second kappa shape index (κ2) is 5.75. The lowest BCUT2D eigenvalue weighted by Crippen LogP contribution is -2.22. The Labute approximate surface area is 114 Å². The molecule has 1 aromatic heterocycles. The fraction of sp³-hybridized carbons (Fsp3) is 0.286. The lowest BCUT2D eigenvalue weighted by Gasteiger charge is -2.18. The van der Waals surface area contributed by atoms with Crippen LogP contribution in [0.3, 0.4) is 0 Å². The summed E-state index contributed by atoms with van der Waals surface area (Å²) in [5, 5.41) is 5.09. The molecule has 0 saturated carbocycles. The summed E-state index contributed by atoms with van der Waals surface area (Å²) in [6.07, 6.45) is 0. The maximum absolute atomic E-state index is 13.3. The molecule has 19 heavy (non-hydrogen) atoms. The molecule has 0 aliphatic heterocycles. The van der Waals surface area contributed by atoms with Crippen molar-refractivity contribution in [2.24, 2.45) is 0 Å². The maximum atomic E-state index is 13.3. The molecule has 1 nitrogen and oxygen atoms in total. The molecule has 2 rings (SSSR count). The SMILES string of the molecule is CCNC(c1cc(F)c(F)c(F)c1)c1sccc1C. The Morgan fingerprint density at radius 2 is 1.84 bits per heavy atom. The molecule has 1 aromatic carbocycles. The van der Waals surface area contributed by atoms with Crippen molar-refractivity contribution >= 4 is 11.3 Å². The van der Waals surface area contributed by atoms with Gasteiger partial charge in [-0.25, -0.2) is 13.2 Å². The van der Waals surface area contributed by atoms with Crippen LogP contribution < -0.4 is 5.32 Å². The number of hydrogen-bond donors (Lipinski definition) is 1. The third-order valence-corrected chi connectivity index (χ3v) is 4.00. The summed E-state index contributed by atoms with van der Waals surface area (Å²) < 4.78 is 39.7. The standard InChI is InChI=1S/C14H14F3NS/c1-3-18-13(14-8(2)4-5-19-14)9-6-10(15)12(17)11(16)7-9/h4-7,13,18H,3H2,1-2H3. The molecule has 102 valence electrons. The van der Waals surface area contributed by atoms with E-state index in [9.17, 15) is 13.2 Å². The molecule has 0 saturated heterocycles. The zero-order chi connectivity index (χ0) is 14.0.